The third kappa shape index (κ3) is 7.23. The molecule has 1 aliphatic heterocycles. The Labute approximate surface area is 254 Å². The summed E-state index contributed by atoms with van der Waals surface area (Å²) in [5.74, 6) is 1.11. The van der Waals surface area contributed by atoms with E-state index in [0.29, 0.717) is 64.0 Å². The van der Waals surface area contributed by atoms with Crippen molar-refractivity contribution in [1.29, 1.82) is 0 Å². The van der Waals surface area contributed by atoms with Crippen molar-refractivity contribution in [3.05, 3.63) is 71.8 Å². The number of nitrogens with zero attached hydrogens (tertiary/aromatic N) is 4. The van der Waals surface area contributed by atoms with Crippen LogP contribution in [-0.4, -0.2) is 57.1 Å². The number of benzene rings is 2. The number of nitrogens with one attached hydrogen (secondary N) is 2. The molecule has 1 atom stereocenters. The zero-order valence-electron chi connectivity index (χ0n) is 24.4. The van der Waals surface area contributed by atoms with Crippen molar-refractivity contribution >= 4 is 51.7 Å². The van der Waals surface area contributed by atoms with Gasteiger partial charge in [0.2, 0.25) is 5.91 Å². The summed E-state index contributed by atoms with van der Waals surface area (Å²) in [6.45, 7) is 6.12. The zero-order valence-corrected chi connectivity index (χ0v) is 25.1. The standard InChI is InChI=1S/C31H33ClN6O5/c1-31(2,3)43-30(40)38-13-7-9-25(38)29(39)37-24-15-21-23(16-27(24)41-4)34-18-35-28(21)36-19-10-11-26(22(32)14-19)42-17-20-8-5-6-12-33-20/h5-6,8,10-12,14-16,18,25H,7,9,13,17H2,1-4H3,(H,37,39)(H,34,35,36)/t25-/m0/s1. The van der Waals surface area contributed by atoms with Crippen molar-refractivity contribution in [3.8, 4) is 11.5 Å². The number of carbonyl (C=O) groups excluding carboxylic acids is 2. The second kappa shape index (κ2) is 12.7. The van der Waals surface area contributed by atoms with Crippen LogP contribution in [0.4, 0.5) is 22.0 Å². The van der Waals surface area contributed by atoms with E-state index in [1.807, 2.05) is 24.3 Å². The lowest BCUT2D eigenvalue weighted by Gasteiger charge is -2.28. The van der Waals surface area contributed by atoms with Gasteiger partial charge in [0.15, 0.2) is 0 Å². The van der Waals surface area contributed by atoms with Gasteiger partial charge >= 0.3 is 6.09 Å². The molecule has 12 heteroatoms. The highest BCUT2D eigenvalue weighted by atomic mass is 35.5. The number of rotatable bonds is 8. The zero-order chi connectivity index (χ0) is 30.6. The van der Waals surface area contributed by atoms with Gasteiger partial charge in [-0.3, -0.25) is 14.7 Å². The van der Waals surface area contributed by atoms with Crippen LogP contribution in [0, 0.1) is 0 Å². The molecule has 5 rings (SSSR count). The Kier molecular flexibility index (Phi) is 8.81. The summed E-state index contributed by atoms with van der Waals surface area (Å²) in [5, 5.41) is 7.27. The van der Waals surface area contributed by atoms with Gasteiger partial charge in [0.1, 0.15) is 41.9 Å². The van der Waals surface area contributed by atoms with Crippen molar-refractivity contribution in [2.24, 2.45) is 0 Å². The third-order valence-corrected chi connectivity index (χ3v) is 6.99. The van der Waals surface area contributed by atoms with Crippen LogP contribution in [0.25, 0.3) is 10.9 Å². The molecule has 0 spiro atoms. The number of amides is 2. The molecule has 3 heterocycles. The van der Waals surface area contributed by atoms with E-state index in [0.717, 1.165) is 5.69 Å². The third-order valence-electron chi connectivity index (χ3n) is 6.69. The van der Waals surface area contributed by atoms with Crippen molar-refractivity contribution < 1.29 is 23.8 Å². The summed E-state index contributed by atoms with van der Waals surface area (Å²) >= 11 is 6.51. The first-order chi connectivity index (χ1) is 20.6. The summed E-state index contributed by atoms with van der Waals surface area (Å²) in [6.07, 6.45) is 3.86. The number of aromatic nitrogens is 3. The van der Waals surface area contributed by atoms with Gasteiger partial charge in [-0.2, -0.15) is 0 Å². The average molecular weight is 605 g/mol. The molecule has 0 unspecified atom stereocenters. The average Bonchev–Trinajstić information content (AvgIpc) is 3.47. The highest BCUT2D eigenvalue weighted by Gasteiger charge is 2.37. The first kappa shape index (κ1) is 29.8. The molecule has 0 aliphatic carbocycles. The number of pyridine rings is 1. The predicted molar refractivity (Wildman–Crippen MR) is 164 cm³/mol. The lowest BCUT2D eigenvalue weighted by atomic mass is 10.1. The molecule has 224 valence electrons. The van der Waals surface area contributed by atoms with E-state index in [9.17, 15) is 9.59 Å². The van der Waals surface area contributed by atoms with E-state index in [1.165, 1.54) is 18.3 Å². The number of methoxy groups -OCH3 is 1. The lowest BCUT2D eigenvalue weighted by Crippen LogP contribution is -2.45. The van der Waals surface area contributed by atoms with Crippen LogP contribution >= 0.6 is 11.6 Å². The van der Waals surface area contributed by atoms with E-state index >= 15 is 0 Å². The summed E-state index contributed by atoms with van der Waals surface area (Å²) in [7, 11) is 1.51. The molecule has 0 saturated carbocycles. The summed E-state index contributed by atoms with van der Waals surface area (Å²) < 4.78 is 16.9. The predicted octanol–water partition coefficient (Wildman–Crippen LogP) is 6.35. The van der Waals surface area contributed by atoms with Crippen LogP contribution in [0.15, 0.2) is 61.1 Å². The minimum atomic E-state index is -0.666. The molecule has 2 aromatic heterocycles. The lowest BCUT2D eigenvalue weighted by molar-refractivity contribution is -0.120. The number of carbonyl (C=O) groups is 2. The van der Waals surface area contributed by atoms with Crippen molar-refractivity contribution in [2.45, 2.75) is 51.9 Å². The minimum absolute atomic E-state index is 0.288. The highest BCUT2D eigenvalue weighted by Crippen LogP contribution is 2.35. The number of halogens is 1. The number of hydrogen-bond acceptors (Lipinski definition) is 9. The highest BCUT2D eigenvalue weighted by molar-refractivity contribution is 6.32. The largest absolute Gasteiger partial charge is 0.494 e. The molecule has 1 fully saturated rings. The quantitative estimate of drug-likeness (QED) is 0.236. The summed E-state index contributed by atoms with van der Waals surface area (Å²) in [6, 6.07) is 13.7. The number of likely N-dealkylation sites (tertiary alicyclic amines) is 1. The van der Waals surface area contributed by atoms with Gasteiger partial charge in [-0.15, -0.1) is 0 Å². The molecule has 1 aliphatic rings. The van der Waals surface area contributed by atoms with Crippen LogP contribution in [0.2, 0.25) is 5.02 Å². The Morgan fingerprint density at radius 1 is 1.07 bits per heavy atom. The van der Waals surface area contributed by atoms with E-state index in [4.69, 9.17) is 25.8 Å². The molecule has 4 aromatic rings. The molecule has 2 N–H and O–H groups in total. The van der Waals surface area contributed by atoms with Crippen LogP contribution in [-0.2, 0) is 16.1 Å². The molecule has 1 saturated heterocycles. The Balaban J connectivity index is 1.35. The van der Waals surface area contributed by atoms with Gasteiger partial charge in [0.05, 0.1) is 29.0 Å². The fourth-order valence-electron chi connectivity index (χ4n) is 4.71. The fraction of sp³-hybridized carbons (Fsp3) is 0.323. The molecule has 2 aromatic carbocycles. The van der Waals surface area contributed by atoms with E-state index in [-0.39, 0.29) is 12.5 Å². The van der Waals surface area contributed by atoms with E-state index in [1.54, 1.807) is 51.2 Å². The van der Waals surface area contributed by atoms with Crippen molar-refractivity contribution in [1.82, 2.24) is 19.9 Å². The molecular formula is C31H33ClN6O5. The maximum absolute atomic E-state index is 13.4. The number of hydrogen-bond donors (Lipinski definition) is 2. The van der Waals surface area contributed by atoms with Crippen LogP contribution in [0.1, 0.15) is 39.3 Å². The van der Waals surface area contributed by atoms with Crippen LogP contribution in [0.3, 0.4) is 0 Å². The molecular weight excluding hydrogens is 572 g/mol. The second-order valence-electron chi connectivity index (χ2n) is 11.0. The van der Waals surface area contributed by atoms with Crippen molar-refractivity contribution in [3.63, 3.8) is 0 Å². The van der Waals surface area contributed by atoms with Crippen LogP contribution < -0.4 is 20.1 Å². The Bertz CT molecular complexity index is 1630. The maximum Gasteiger partial charge on any atom is 0.410 e. The first-order valence-electron chi connectivity index (χ1n) is 13.8. The monoisotopic (exact) mass is 604 g/mol. The van der Waals surface area contributed by atoms with Gasteiger partial charge in [0.25, 0.3) is 0 Å². The summed E-state index contributed by atoms with van der Waals surface area (Å²) in [5.41, 5.74) is 1.82. The first-order valence-corrected chi connectivity index (χ1v) is 14.2. The van der Waals surface area contributed by atoms with Gasteiger partial charge in [-0.25, -0.2) is 14.8 Å². The maximum atomic E-state index is 13.4. The fourth-order valence-corrected chi connectivity index (χ4v) is 4.95. The Morgan fingerprint density at radius 2 is 1.91 bits per heavy atom. The molecule has 11 nitrogen and oxygen atoms in total. The van der Waals surface area contributed by atoms with Crippen molar-refractivity contribution in [2.75, 3.05) is 24.3 Å². The molecule has 0 bridgehead atoms. The van der Waals surface area contributed by atoms with Gasteiger partial charge in [-0.05, 0) is 70.0 Å². The molecule has 43 heavy (non-hydrogen) atoms. The van der Waals surface area contributed by atoms with Gasteiger partial charge in [-0.1, -0.05) is 17.7 Å². The number of fused-ring (bicyclic) bond motifs is 1. The smallest absolute Gasteiger partial charge is 0.410 e. The molecule has 0 radical (unpaired) electrons. The number of anilines is 3. The van der Waals surface area contributed by atoms with Crippen LogP contribution in [0.5, 0.6) is 11.5 Å². The Hall–Kier alpha value is -4.64. The Morgan fingerprint density at radius 3 is 2.63 bits per heavy atom. The van der Waals surface area contributed by atoms with E-state index in [2.05, 4.69) is 25.6 Å². The van der Waals surface area contributed by atoms with E-state index < -0.39 is 17.7 Å². The normalized spacial score (nSPS) is 14.8. The second-order valence-corrected chi connectivity index (χ2v) is 11.4. The number of ether oxygens (including phenoxy) is 3. The minimum Gasteiger partial charge on any atom is -0.494 e. The van der Waals surface area contributed by atoms with Gasteiger partial charge in [0, 0.05) is 29.9 Å². The molecule has 2 amide bonds. The summed E-state index contributed by atoms with van der Waals surface area (Å²) in [4.78, 5) is 40.7. The van der Waals surface area contributed by atoms with Gasteiger partial charge < -0.3 is 24.8 Å². The SMILES string of the molecule is COc1cc2ncnc(Nc3ccc(OCc4ccccn4)c(Cl)c3)c2cc1NC(=O)[C@@H]1CCCN1C(=O)OC(C)(C)C. The topological polar surface area (TPSA) is 128 Å².